The lowest BCUT2D eigenvalue weighted by atomic mass is 10.1. The molecule has 0 bridgehead atoms. The first-order chi connectivity index (χ1) is 11.1. The average Bonchev–Trinajstić information content (AvgIpc) is 2.56. The van der Waals surface area contributed by atoms with Gasteiger partial charge in [-0.15, -0.1) is 0 Å². The highest BCUT2D eigenvalue weighted by atomic mass is 16.5. The maximum absolute atomic E-state index is 11.5. The molecule has 1 atom stereocenters. The standard InChI is InChI=1S/C17H26N2O4/c18-15(16(20)21)11-7-2-1-3-8-12-19-17(22)23-13-14-9-5-4-6-10-14/h4-6,9-10,15H,1-3,7-8,11-13,18H2,(H,19,22)(H,20,21)/t15-/m0/s1. The minimum atomic E-state index is -0.941. The summed E-state index contributed by atoms with van der Waals surface area (Å²) in [5.41, 5.74) is 6.38. The number of carbonyl (C=O) groups excluding carboxylic acids is 1. The summed E-state index contributed by atoms with van der Waals surface area (Å²) in [7, 11) is 0. The molecule has 4 N–H and O–H groups in total. The molecular weight excluding hydrogens is 296 g/mol. The van der Waals surface area contributed by atoms with Gasteiger partial charge in [-0.25, -0.2) is 4.79 Å². The summed E-state index contributed by atoms with van der Waals surface area (Å²) in [6.07, 6.45) is 4.76. The maximum Gasteiger partial charge on any atom is 0.407 e. The van der Waals surface area contributed by atoms with Crippen molar-refractivity contribution < 1.29 is 19.4 Å². The Morgan fingerprint density at radius 2 is 1.74 bits per heavy atom. The van der Waals surface area contributed by atoms with E-state index >= 15 is 0 Å². The first-order valence-corrected chi connectivity index (χ1v) is 8.02. The quantitative estimate of drug-likeness (QED) is 0.544. The first-order valence-electron chi connectivity index (χ1n) is 8.02. The Morgan fingerprint density at radius 3 is 2.43 bits per heavy atom. The molecule has 128 valence electrons. The predicted molar refractivity (Wildman–Crippen MR) is 87.9 cm³/mol. The molecule has 1 aromatic rings. The van der Waals surface area contributed by atoms with Gasteiger partial charge in [0.25, 0.3) is 0 Å². The van der Waals surface area contributed by atoms with Gasteiger partial charge >= 0.3 is 12.1 Å². The third kappa shape index (κ3) is 9.52. The molecule has 6 heteroatoms. The number of ether oxygens (including phenoxy) is 1. The van der Waals surface area contributed by atoms with Crippen LogP contribution in [-0.2, 0) is 16.1 Å². The Balaban J connectivity index is 1.92. The van der Waals surface area contributed by atoms with Crippen LogP contribution < -0.4 is 11.1 Å². The zero-order valence-electron chi connectivity index (χ0n) is 13.4. The van der Waals surface area contributed by atoms with E-state index in [1.807, 2.05) is 30.3 Å². The molecule has 0 aliphatic heterocycles. The van der Waals surface area contributed by atoms with Gasteiger partial charge in [-0.05, 0) is 18.4 Å². The lowest BCUT2D eigenvalue weighted by Gasteiger charge is -2.07. The Hall–Kier alpha value is -2.08. The number of hydrogen-bond acceptors (Lipinski definition) is 4. The van der Waals surface area contributed by atoms with Crippen molar-refractivity contribution in [3.8, 4) is 0 Å². The van der Waals surface area contributed by atoms with Gasteiger partial charge in [0.1, 0.15) is 12.6 Å². The van der Waals surface area contributed by atoms with Gasteiger partial charge in [0.15, 0.2) is 0 Å². The number of aliphatic carboxylic acids is 1. The van der Waals surface area contributed by atoms with Gasteiger partial charge in [-0.3, -0.25) is 4.79 Å². The van der Waals surface area contributed by atoms with Crippen LogP contribution >= 0.6 is 0 Å². The summed E-state index contributed by atoms with van der Waals surface area (Å²) in [4.78, 5) is 22.0. The number of nitrogens with two attached hydrogens (primary N) is 1. The van der Waals surface area contributed by atoms with Crippen molar-refractivity contribution >= 4 is 12.1 Å². The zero-order valence-corrected chi connectivity index (χ0v) is 13.4. The molecule has 0 saturated heterocycles. The smallest absolute Gasteiger partial charge is 0.407 e. The van der Waals surface area contributed by atoms with Gasteiger partial charge in [0.2, 0.25) is 0 Å². The summed E-state index contributed by atoms with van der Waals surface area (Å²) in [6.45, 7) is 0.860. The minimum Gasteiger partial charge on any atom is -0.480 e. The van der Waals surface area contributed by atoms with Gasteiger partial charge < -0.3 is 20.9 Å². The van der Waals surface area contributed by atoms with Crippen LogP contribution in [0.5, 0.6) is 0 Å². The fourth-order valence-electron chi connectivity index (χ4n) is 2.11. The number of carboxylic acids is 1. The predicted octanol–water partition coefficient (Wildman–Crippen LogP) is 2.67. The number of carbonyl (C=O) groups is 2. The lowest BCUT2D eigenvalue weighted by Crippen LogP contribution is -2.29. The lowest BCUT2D eigenvalue weighted by molar-refractivity contribution is -0.138. The average molecular weight is 322 g/mol. The SMILES string of the molecule is N[C@@H](CCCCCCCNC(=O)OCc1ccccc1)C(=O)O. The van der Waals surface area contributed by atoms with Crippen molar-refractivity contribution in [2.24, 2.45) is 5.73 Å². The second-order valence-electron chi connectivity index (χ2n) is 5.49. The van der Waals surface area contributed by atoms with Gasteiger partial charge in [0, 0.05) is 6.54 Å². The van der Waals surface area contributed by atoms with E-state index in [0.717, 1.165) is 37.7 Å². The van der Waals surface area contributed by atoms with Crippen LogP contribution in [0.15, 0.2) is 30.3 Å². The maximum atomic E-state index is 11.5. The molecule has 0 fully saturated rings. The van der Waals surface area contributed by atoms with Crippen molar-refractivity contribution in [2.75, 3.05) is 6.54 Å². The van der Waals surface area contributed by atoms with Crippen molar-refractivity contribution in [2.45, 2.75) is 51.2 Å². The normalized spacial score (nSPS) is 11.7. The third-order valence-corrected chi connectivity index (χ3v) is 3.49. The topological polar surface area (TPSA) is 102 Å². The zero-order chi connectivity index (χ0) is 16.9. The van der Waals surface area contributed by atoms with Crippen LogP contribution in [0.1, 0.15) is 44.1 Å². The number of alkyl carbamates (subject to hydrolysis) is 1. The Bertz CT molecular complexity index is 465. The molecule has 1 rings (SSSR count). The van der Waals surface area contributed by atoms with Crippen LogP contribution in [0.25, 0.3) is 0 Å². The summed E-state index contributed by atoms with van der Waals surface area (Å²) < 4.78 is 5.10. The number of unbranched alkanes of at least 4 members (excludes halogenated alkanes) is 4. The monoisotopic (exact) mass is 322 g/mol. The Labute approximate surface area is 137 Å². The fourth-order valence-corrected chi connectivity index (χ4v) is 2.11. The van der Waals surface area contributed by atoms with Crippen molar-refractivity contribution in [3.63, 3.8) is 0 Å². The molecule has 0 unspecified atom stereocenters. The fraction of sp³-hybridized carbons (Fsp3) is 0.529. The highest BCUT2D eigenvalue weighted by molar-refractivity contribution is 5.72. The van der Waals surface area contributed by atoms with Gasteiger partial charge in [-0.1, -0.05) is 56.0 Å². The van der Waals surface area contributed by atoms with Crippen LogP contribution in [0, 0.1) is 0 Å². The van der Waals surface area contributed by atoms with E-state index in [1.54, 1.807) is 0 Å². The van der Waals surface area contributed by atoms with E-state index in [1.165, 1.54) is 0 Å². The van der Waals surface area contributed by atoms with Crippen LogP contribution in [0.4, 0.5) is 4.79 Å². The molecule has 23 heavy (non-hydrogen) atoms. The number of rotatable bonds is 11. The molecule has 0 spiro atoms. The molecule has 0 radical (unpaired) electrons. The van der Waals surface area contributed by atoms with Crippen LogP contribution in [0.3, 0.4) is 0 Å². The van der Waals surface area contributed by atoms with Crippen LogP contribution in [-0.4, -0.2) is 29.8 Å². The summed E-state index contributed by atoms with van der Waals surface area (Å²) in [5, 5.41) is 11.4. The van der Waals surface area contributed by atoms with E-state index in [0.29, 0.717) is 13.0 Å². The number of amides is 1. The molecule has 1 aromatic carbocycles. The molecule has 0 aliphatic carbocycles. The molecule has 0 aromatic heterocycles. The van der Waals surface area contributed by atoms with Crippen molar-refractivity contribution in [3.05, 3.63) is 35.9 Å². The first kappa shape index (κ1) is 19.0. The Kier molecular flexibility index (Phi) is 9.47. The van der Waals surface area contributed by atoms with E-state index in [9.17, 15) is 9.59 Å². The Morgan fingerprint density at radius 1 is 1.09 bits per heavy atom. The highest BCUT2D eigenvalue weighted by Crippen LogP contribution is 2.06. The van der Waals surface area contributed by atoms with Crippen molar-refractivity contribution in [1.82, 2.24) is 5.32 Å². The van der Waals surface area contributed by atoms with Gasteiger partial charge in [0.05, 0.1) is 0 Å². The molecule has 1 amide bonds. The highest BCUT2D eigenvalue weighted by Gasteiger charge is 2.09. The molecule has 0 aliphatic rings. The third-order valence-electron chi connectivity index (χ3n) is 3.49. The van der Waals surface area contributed by atoms with E-state index < -0.39 is 18.1 Å². The second-order valence-corrected chi connectivity index (χ2v) is 5.49. The molecule has 0 saturated carbocycles. The summed E-state index contributed by atoms with van der Waals surface area (Å²) in [5.74, 6) is -0.941. The number of carboxylic acid groups (broad SMARTS) is 1. The number of hydrogen-bond donors (Lipinski definition) is 3. The van der Waals surface area contributed by atoms with E-state index in [4.69, 9.17) is 15.6 Å². The molecular formula is C17H26N2O4. The molecule has 6 nitrogen and oxygen atoms in total. The van der Waals surface area contributed by atoms with E-state index in [2.05, 4.69) is 5.32 Å². The van der Waals surface area contributed by atoms with Gasteiger partial charge in [-0.2, -0.15) is 0 Å². The van der Waals surface area contributed by atoms with Crippen molar-refractivity contribution in [1.29, 1.82) is 0 Å². The largest absolute Gasteiger partial charge is 0.480 e. The second kappa shape index (κ2) is 11.5. The molecule has 0 heterocycles. The summed E-state index contributed by atoms with van der Waals surface area (Å²) >= 11 is 0. The van der Waals surface area contributed by atoms with E-state index in [-0.39, 0.29) is 6.61 Å². The van der Waals surface area contributed by atoms with Crippen LogP contribution in [0.2, 0.25) is 0 Å². The number of benzene rings is 1. The number of nitrogens with one attached hydrogen (secondary N) is 1. The minimum absolute atomic E-state index is 0.274. The summed E-state index contributed by atoms with van der Waals surface area (Å²) in [6, 6.07) is 8.78.